The lowest BCUT2D eigenvalue weighted by Crippen LogP contribution is -2.35. The maximum absolute atomic E-state index is 11.3. The topological polar surface area (TPSA) is 54.0 Å². The summed E-state index contributed by atoms with van der Waals surface area (Å²) in [4.78, 5) is 11.3. The van der Waals surface area contributed by atoms with Crippen molar-refractivity contribution in [3.05, 3.63) is 83.9 Å². The number of hydrogen-bond acceptors (Lipinski definition) is 5. The molecule has 0 aromatic heterocycles. The van der Waals surface area contributed by atoms with Crippen molar-refractivity contribution in [1.29, 1.82) is 0 Å². The Kier molecular flexibility index (Phi) is 15.0. The smallest absolute Gasteiger partial charge is 0.311 e. The lowest BCUT2D eigenvalue weighted by molar-refractivity contribution is -0.139. The van der Waals surface area contributed by atoms with E-state index in [9.17, 15) is 4.79 Å². The average molecular weight is 539 g/mol. The van der Waals surface area contributed by atoms with Gasteiger partial charge in [0, 0.05) is 11.4 Å². The molecule has 0 atom stereocenters. The van der Waals surface area contributed by atoms with Gasteiger partial charge < -0.3 is 18.9 Å². The predicted molar refractivity (Wildman–Crippen MR) is 153 cm³/mol. The first-order valence-electron chi connectivity index (χ1n) is 13.2. The van der Waals surface area contributed by atoms with Crippen LogP contribution in [0.1, 0.15) is 51.9 Å². The Balaban J connectivity index is 0.000000264. The summed E-state index contributed by atoms with van der Waals surface area (Å²) in [5, 5.41) is 0.663. The summed E-state index contributed by atoms with van der Waals surface area (Å²) in [7, 11) is 0. The van der Waals surface area contributed by atoms with Crippen LogP contribution in [0.2, 0.25) is 5.02 Å². The second kappa shape index (κ2) is 18.3. The molecule has 6 heteroatoms. The van der Waals surface area contributed by atoms with Crippen molar-refractivity contribution in [3.8, 4) is 24.3 Å². The SMILES string of the molecule is C#C.CC/C=C\CCC(=O)Oc1ccccc1.Clc1cccc(OCC2(/C=C/C3CCCC3)OCCO2)c1. The number of halogens is 1. The van der Waals surface area contributed by atoms with Crippen molar-refractivity contribution in [2.24, 2.45) is 5.92 Å². The molecule has 1 saturated heterocycles. The van der Waals surface area contributed by atoms with Crippen LogP contribution in [0.3, 0.4) is 0 Å². The standard InChI is InChI=1S/C17H21ClO3.C13H16O2.C2H2/c18-15-6-3-7-16(12-15)19-13-17(20-10-11-21-17)9-8-14-4-1-2-5-14;1-2-3-4-8-11-13(14)15-12-9-6-5-7-10-12;1-2/h3,6-9,12,14H,1-2,4-5,10-11,13H2;3-7,9-10H,2,8,11H2,1H3;1-2H/b9-8+;4-3-;. The van der Waals surface area contributed by atoms with Crippen molar-refractivity contribution >= 4 is 17.6 Å². The molecule has 1 heterocycles. The lowest BCUT2D eigenvalue weighted by Gasteiger charge is -2.24. The molecule has 2 aromatic rings. The molecule has 1 aliphatic heterocycles. The second-order valence-electron chi connectivity index (χ2n) is 8.86. The molecular weight excluding hydrogens is 500 g/mol. The Morgan fingerprint density at radius 1 is 1.03 bits per heavy atom. The van der Waals surface area contributed by atoms with E-state index in [0.717, 1.165) is 18.6 Å². The predicted octanol–water partition coefficient (Wildman–Crippen LogP) is 7.80. The number of rotatable bonds is 10. The highest BCUT2D eigenvalue weighted by molar-refractivity contribution is 6.30. The highest BCUT2D eigenvalue weighted by atomic mass is 35.5. The Morgan fingerprint density at radius 2 is 1.71 bits per heavy atom. The molecule has 1 saturated carbocycles. The minimum atomic E-state index is -0.745. The van der Waals surface area contributed by atoms with Gasteiger partial charge in [-0.25, -0.2) is 0 Å². The van der Waals surface area contributed by atoms with Crippen LogP contribution in [0.15, 0.2) is 78.9 Å². The fraction of sp³-hybridized carbons (Fsp3) is 0.406. The maximum Gasteiger partial charge on any atom is 0.311 e. The van der Waals surface area contributed by atoms with E-state index in [-0.39, 0.29) is 5.97 Å². The summed E-state index contributed by atoms with van der Waals surface area (Å²) in [5.41, 5.74) is 0. The maximum atomic E-state index is 11.3. The van der Waals surface area contributed by atoms with Crippen LogP contribution in [-0.2, 0) is 14.3 Å². The van der Waals surface area contributed by atoms with Gasteiger partial charge in [-0.2, -0.15) is 0 Å². The third-order valence-corrected chi connectivity index (χ3v) is 6.16. The Bertz CT molecular complexity index is 1000. The summed E-state index contributed by atoms with van der Waals surface area (Å²) in [6.45, 7) is 3.62. The number of ether oxygens (including phenoxy) is 4. The van der Waals surface area contributed by atoms with Gasteiger partial charge in [0.15, 0.2) is 0 Å². The molecule has 0 spiro atoms. The van der Waals surface area contributed by atoms with E-state index in [1.807, 2.05) is 48.6 Å². The fourth-order valence-electron chi connectivity index (χ4n) is 4.03. The zero-order chi connectivity index (χ0) is 27.5. The minimum absolute atomic E-state index is 0.179. The molecule has 0 amide bonds. The molecule has 204 valence electrons. The molecule has 1 aliphatic carbocycles. The molecule has 0 bridgehead atoms. The van der Waals surface area contributed by atoms with E-state index in [0.29, 0.717) is 42.9 Å². The quantitative estimate of drug-likeness (QED) is 0.134. The molecule has 0 N–H and O–H groups in total. The third kappa shape index (κ3) is 12.0. The van der Waals surface area contributed by atoms with Crippen LogP contribution >= 0.6 is 11.6 Å². The molecule has 0 unspecified atom stereocenters. The van der Waals surface area contributed by atoms with E-state index < -0.39 is 5.79 Å². The van der Waals surface area contributed by atoms with E-state index in [2.05, 4.69) is 31.9 Å². The first-order chi connectivity index (χ1) is 18.6. The van der Waals surface area contributed by atoms with Crippen LogP contribution in [-0.4, -0.2) is 31.6 Å². The van der Waals surface area contributed by atoms with Gasteiger partial charge in [0.25, 0.3) is 0 Å². The Morgan fingerprint density at radius 3 is 2.37 bits per heavy atom. The van der Waals surface area contributed by atoms with Crippen molar-refractivity contribution in [2.75, 3.05) is 19.8 Å². The van der Waals surface area contributed by atoms with Gasteiger partial charge in [-0.05, 0) is 68.0 Å². The average Bonchev–Trinajstić information content (AvgIpc) is 3.64. The van der Waals surface area contributed by atoms with Crippen LogP contribution in [0, 0.1) is 18.8 Å². The number of esters is 1. The normalized spacial score (nSPS) is 16.4. The number of terminal acetylenes is 1. The van der Waals surface area contributed by atoms with Crippen LogP contribution < -0.4 is 9.47 Å². The highest BCUT2D eigenvalue weighted by Crippen LogP contribution is 2.29. The number of benzene rings is 2. The van der Waals surface area contributed by atoms with E-state index in [4.69, 9.17) is 30.5 Å². The third-order valence-electron chi connectivity index (χ3n) is 5.93. The molecule has 2 aliphatic rings. The van der Waals surface area contributed by atoms with Gasteiger partial charge >= 0.3 is 5.97 Å². The molecule has 0 radical (unpaired) electrons. The number of hydrogen-bond donors (Lipinski definition) is 0. The lowest BCUT2D eigenvalue weighted by atomic mass is 10.1. The molecular formula is C32H39ClO5. The molecule has 5 nitrogen and oxygen atoms in total. The number of carbonyl (C=O) groups is 1. The van der Waals surface area contributed by atoms with E-state index in [1.165, 1.54) is 25.7 Å². The van der Waals surface area contributed by atoms with Crippen molar-refractivity contribution < 1.29 is 23.7 Å². The summed E-state index contributed by atoms with van der Waals surface area (Å²) in [6, 6.07) is 16.5. The Hall–Kier alpha value is -3.04. The van der Waals surface area contributed by atoms with E-state index >= 15 is 0 Å². The summed E-state index contributed by atoms with van der Waals surface area (Å²) >= 11 is 5.97. The zero-order valence-corrected chi connectivity index (χ0v) is 23.0. The molecule has 38 heavy (non-hydrogen) atoms. The minimum Gasteiger partial charge on any atom is -0.488 e. The highest BCUT2D eigenvalue weighted by Gasteiger charge is 2.35. The van der Waals surface area contributed by atoms with Crippen LogP contribution in [0.5, 0.6) is 11.5 Å². The van der Waals surface area contributed by atoms with Gasteiger partial charge in [-0.3, -0.25) is 4.79 Å². The van der Waals surface area contributed by atoms with Gasteiger partial charge in [-0.1, -0.05) is 73.9 Å². The summed E-state index contributed by atoms with van der Waals surface area (Å²) in [5.74, 6) is 1.07. The fourth-order valence-corrected chi connectivity index (χ4v) is 4.21. The molecule has 2 aromatic carbocycles. The van der Waals surface area contributed by atoms with Crippen molar-refractivity contribution in [2.45, 2.75) is 57.7 Å². The molecule has 4 rings (SSSR count). The largest absolute Gasteiger partial charge is 0.488 e. The zero-order valence-electron chi connectivity index (χ0n) is 22.2. The Labute approximate surface area is 232 Å². The summed E-state index contributed by atoms with van der Waals surface area (Å²) < 4.78 is 22.5. The van der Waals surface area contributed by atoms with Gasteiger partial charge in [-0.15, -0.1) is 12.8 Å². The monoisotopic (exact) mass is 538 g/mol. The van der Waals surface area contributed by atoms with Gasteiger partial charge in [0.2, 0.25) is 5.79 Å². The first kappa shape index (κ1) is 31.2. The van der Waals surface area contributed by atoms with Crippen LogP contribution in [0.4, 0.5) is 0 Å². The number of carbonyl (C=O) groups excluding carboxylic acids is 1. The van der Waals surface area contributed by atoms with E-state index in [1.54, 1.807) is 18.2 Å². The van der Waals surface area contributed by atoms with Crippen LogP contribution in [0.25, 0.3) is 0 Å². The number of allylic oxidation sites excluding steroid dienone is 3. The molecule has 2 fully saturated rings. The van der Waals surface area contributed by atoms with Crippen molar-refractivity contribution in [3.63, 3.8) is 0 Å². The van der Waals surface area contributed by atoms with Crippen molar-refractivity contribution in [1.82, 2.24) is 0 Å². The number of para-hydroxylation sites is 1. The van der Waals surface area contributed by atoms with Gasteiger partial charge in [0.05, 0.1) is 13.2 Å². The first-order valence-corrected chi connectivity index (χ1v) is 13.6. The second-order valence-corrected chi connectivity index (χ2v) is 9.30. The van der Waals surface area contributed by atoms with Gasteiger partial charge in [0.1, 0.15) is 18.1 Å². The summed E-state index contributed by atoms with van der Waals surface area (Å²) in [6.07, 6.45) is 23.7.